The van der Waals surface area contributed by atoms with Gasteiger partial charge in [0, 0.05) is 5.38 Å². The molecule has 118 valence electrons. The van der Waals surface area contributed by atoms with Gasteiger partial charge in [0.2, 0.25) is 5.91 Å². The molecule has 1 aromatic carbocycles. The number of nitrogens with one attached hydrogen (secondary N) is 1. The van der Waals surface area contributed by atoms with E-state index in [1.54, 1.807) is 22.7 Å². The molecule has 2 aromatic heterocycles. The minimum Gasteiger partial charge on any atom is -0.349 e. The highest BCUT2D eigenvalue weighted by Crippen LogP contribution is 2.28. The molecule has 1 atom stereocenters. The maximum atomic E-state index is 12.3. The van der Waals surface area contributed by atoms with Crippen LogP contribution in [0.4, 0.5) is 0 Å². The molecule has 0 fully saturated rings. The van der Waals surface area contributed by atoms with Gasteiger partial charge in [0.25, 0.3) is 0 Å². The number of rotatable bonds is 5. The number of amides is 1. The Balaban J connectivity index is 1.62. The molecule has 0 unspecified atom stereocenters. The molecule has 2 heterocycles. The molecule has 1 N–H and O–H groups in total. The fourth-order valence-electron chi connectivity index (χ4n) is 2.51. The summed E-state index contributed by atoms with van der Waals surface area (Å²) in [6.45, 7) is 4.07. The Morgan fingerprint density at radius 1 is 1.22 bits per heavy atom. The minimum atomic E-state index is -0.000831. The van der Waals surface area contributed by atoms with Crippen LogP contribution in [0.25, 0.3) is 9.88 Å². The summed E-state index contributed by atoms with van der Waals surface area (Å²) in [4.78, 5) is 18.0. The van der Waals surface area contributed by atoms with E-state index in [1.807, 2.05) is 41.9 Å². The van der Waals surface area contributed by atoms with Gasteiger partial charge in [-0.2, -0.15) is 0 Å². The van der Waals surface area contributed by atoms with Crippen LogP contribution < -0.4 is 5.32 Å². The smallest absolute Gasteiger partial charge is 0.226 e. The normalized spacial score (nSPS) is 12.1. The summed E-state index contributed by atoms with van der Waals surface area (Å²) in [5, 5.41) is 8.04. The van der Waals surface area contributed by atoms with Crippen LogP contribution in [0.1, 0.15) is 29.8 Å². The molecule has 3 rings (SSSR count). The predicted octanol–water partition coefficient (Wildman–Crippen LogP) is 4.60. The molecule has 0 aliphatic rings. The van der Waals surface area contributed by atoms with Gasteiger partial charge in [-0.3, -0.25) is 4.79 Å². The highest BCUT2D eigenvalue weighted by molar-refractivity contribution is 7.20. The van der Waals surface area contributed by atoms with Crippen LogP contribution in [-0.2, 0) is 11.2 Å². The Bertz CT molecular complexity index is 793. The molecular weight excluding hydrogens is 324 g/mol. The van der Waals surface area contributed by atoms with E-state index in [9.17, 15) is 4.79 Å². The first-order valence-corrected chi connectivity index (χ1v) is 9.22. The number of carbonyl (C=O) groups excluding carboxylic acids is 1. The van der Waals surface area contributed by atoms with E-state index < -0.39 is 0 Å². The van der Waals surface area contributed by atoms with Crippen molar-refractivity contribution >= 4 is 28.6 Å². The van der Waals surface area contributed by atoms with E-state index >= 15 is 0 Å². The first-order valence-electron chi connectivity index (χ1n) is 7.46. The van der Waals surface area contributed by atoms with Gasteiger partial charge in [0.15, 0.2) is 0 Å². The zero-order valence-corrected chi connectivity index (χ0v) is 14.7. The molecule has 1 amide bonds. The van der Waals surface area contributed by atoms with E-state index in [2.05, 4.69) is 29.4 Å². The summed E-state index contributed by atoms with van der Waals surface area (Å²) in [6.07, 6.45) is 0.318. The van der Waals surface area contributed by atoms with Gasteiger partial charge in [-0.05, 0) is 36.4 Å². The van der Waals surface area contributed by atoms with Gasteiger partial charge in [-0.25, -0.2) is 4.98 Å². The number of thiophene rings is 1. The van der Waals surface area contributed by atoms with Gasteiger partial charge < -0.3 is 5.32 Å². The van der Waals surface area contributed by atoms with Crippen molar-refractivity contribution in [2.24, 2.45) is 0 Å². The van der Waals surface area contributed by atoms with Crippen molar-refractivity contribution < 1.29 is 4.79 Å². The number of thiazole rings is 1. The van der Waals surface area contributed by atoms with E-state index in [-0.39, 0.29) is 11.9 Å². The van der Waals surface area contributed by atoms with Gasteiger partial charge in [0.1, 0.15) is 5.01 Å². The SMILES string of the molecule is Cc1ccccc1[C@H](C)NC(=O)Cc1csc(-c2cccs2)n1. The van der Waals surface area contributed by atoms with Crippen LogP contribution in [0.5, 0.6) is 0 Å². The molecule has 23 heavy (non-hydrogen) atoms. The second-order valence-electron chi connectivity index (χ2n) is 5.44. The summed E-state index contributed by atoms with van der Waals surface area (Å²) in [5.74, 6) is 0.00350. The zero-order chi connectivity index (χ0) is 16.2. The van der Waals surface area contributed by atoms with Crippen molar-refractivity contribution in [3.05, 3.63) is 64.0 Å². The van der Waals surface area contributed by atoms with Crippen LogP contribution in [-0.4, -0.2) is 10.9 Å². The lowest BCUT2D eigenvalue weighted by molar-refractivity contribution is -0.121. The Morgan fingerprint density at radius 3 is 2.78 bits per heavy atom. The highest BCUT2D eigenvalue weighted by atomic mass is 32.1. The summed E-state index contributed by atoms with van der Waals surface area (Å²) < 4.78 is 0. The Hall–Kier alpha value is -1.98. The van der Waals surface area contributed by atoms with E-state index in [0.717, 1.165) is 21.1 Å². The van der Waals surface area contributed by atoms with Gasteiger partial charge in [-0.1, -0.05) is 30.3 Å². The number of nitrogens with zero attached hydrogens (tertiary/aromatic N) is 1. The largest absolute Gasteiger partial charge is 0.349 e. The van der Waals surface area contributed by atoms with Crippen LogP contribution in [0.3, 0.4) is 0 Å². The van der Waals surface area contributed by atoms with Crippen LogP contribution in [0.15, 0.2) is 47.2 Å². The van der Waals surface area contributed by atoms with Crippen molar-refractivity contribution in [3.63, 3.8) is 0 Å². The second kappa shape index (κ2) is 7.06. The van der Waals surface area contributed by atoms with E-state index in [4.69, 9.17) is 0 Å². The summed E-state index contributed by atoms with van der Waals surface area (Å²) >= 11 is 3.25. The fraction of sp³-hybridized carbons (Fsp3) is 0.222. The predicted molar refractivity (Wildman–Crippen MR) is 96.9 cm³/mol. The number of aromatic nitrogens is 1. The average molecular weight is 342 g/mol. The lowest BCUT2D eigenvalue weighted by Gasteiger charge is -2.16. The Morgan fingerprint density at radius 2 is 2.04 bits per heavy atom. The number of carbonyl (C=O) groups is 1. The average Bonchev–Trinajstić information content (AvgIpc) is 3.18. The van der Waals surface area contributed by atoms with E-state index in [0.29, 0.717) is 6.42 Å². The number of hydrogen-bond acceptors (Lipinski definition) is 4. The standard InChI is InChI=1S/C18H18N2OS2/c1-12-6-3-4-7-15(12)13(2)19-17(21)10-14-11-23-18(20-14)16-8-5-9-22-16/h3-9,11,13H,10H2,1-2H3,(H,19,21)/t13-/m0/s1. The lowest BCUT2D eigenvalue weighted by atomic mass is 10.0. The third-order valence-electron chi connectivity index (χ3n) is 3.66. The molecule has 0 spiro atoms. The number of benzene rings is 1. The molecule has 0 aliphatic heterocycles. The van der Waals surface area contributed by atoms with Crippen molar-refractivity contribution in [1.29, 1.82) is 0 Å². The van der Waals surface area contributed by atoms with Crippen molar-refractivity contribution in [2.75, 3.05) is 0 Å². The quantitative estimate of drug-likeness (QED) is 0.736. The number of hydrogen-bond donors (Lipinski definition) is 1. The first-order chi connectivity index (χ1) is 11.1. The molecule has 5 heteroatoms. The molecule has 0 bridgehead atoms. The third-order valence-corrected chi connectivity index (χ3v) is 5.59. The third kappa shape index (κ3) is 3.86. The maximum Gasteiger partial charge on any atom is 0.226 e. The molecule has 0 radical (unpaired) electrons. The maximum absolute atomic E-state index is 12.3. The van der Waals surface area contributed by atoms with Gasteiger partial charge >= 0.3 is 0 Å². The van der Waals surface area contributed by atoms with Gasteiger partial charge in [-0.15, -0.1) is 22.7 Å². The molecular formula is C18H18N2OS2. The number of aryl methyl sites for hydroxylation is 1. The van der Waals surface area contributed by atoms with Crippen molar-refractivity contribution in [2.45, 2.75) is 26.3 Å². The molecule has 3 nitrogen and oxygen atoms in total. The lowest BCUT2D eigenvalue weighted by Crippen LogP contribution is -2.28. The van der Waals surface area contributed by atoms with E-state index in [1.165, 1.54) is 5.56 Å². The van der Waals surface area contributed by atoms with Crippen molar-refractivity contribution in [3.8, 4) is 9.88 Å². The Labute approximate surface area is 144 Å². The summed E-state index contributed by atoms with van der Waals surface area (Å²) in [6, 6.07) is 12.2. The zero-order valence-electron chi connectivity index (χ0n) is 13.1. The minimum absolute atomic E-state index is 0.000831. The topological polar surface area (TPSA) is 42.0 Å². The highest BCUT2D eigenvalue weighted by Gasteiger charge is 2.14. The summed E-state index contributed by atoms with van der Waals surface area (Å²) in [7, 11) is 0. The van der Waals surface area contributed by atoms with Gasteiger partial charge in [0.05, 0.1) is 23.0 Å². The molecule has 0 aliphatic carbocycles. The molecule has 0 saturated carbocycles. The second-order valence-corrected chi connectivity index (χ2v) is 7.25. The van der Waals surface area contributed by atoms with Crippen LogP contribution in [0, 0.1) is 6.92 Å². The monoisotopic (exact) mass is 342 g/mol. The molecule has 0 saturated heterocycles. The van der Waals surface area contributed by atoms with Crippen LogP contribution >= 0.6 is 22.7 Å². The fourth-order valence-corrected chi connectivity index (χ4v) is 4.14. The first kappa shape index (κ1) is 15.9. The summed E-state index contributed by atoms with van der Waals surface area (Å²) in [5.41, 5.74) is 3.17. The Kier molecular flexibility index (Phi) is 4.88. The van der Waals surface area contributed by atoms with Crippen molar-refractivity contribution in [1.82, 2.24) is 10.3 Å². The molecule has 3 aromatic rings. The van der Waals surface area contributed by atoms with Crippen LogP contribution in [0.2, 0.25) is 0 Å².